The average molecular weight is 206 g/mol. The van der Waals surface area contributed by atoms with Crippen LogP contribution in [-0.2, 0) is 4.79 Å². The first kappa shape index (κ1) is 9.66. The molecule has 0 aliphatic heterocycles. The van der Waals surface area contributed by atoms with Gasteiger partial charge in [0.1, 0.15) is 0 Å². The van der Waals surface area contributed by atoms with Crippen molar-refractivity contribution in [1.29, 1.82) is 0 Å². The van der Waals surface area contributed by atoms with Crippen molar-refractivity contribution in [3.63, 3.8) is 0 Å². The van der Waals surface area contributed by atoms with Crippen molar-refractivity contribution in [2.45, 2.75) is 32.6 Å². The second kappa shape index (κ2) is 4.09. The van der Waals surface area contributed by atoms with Gasteiger partial charge < -0.3 is 0 Å². The number of hydrogen-bond donors (Lipinski definition) is 0. The number of carbonyl (C=O) groups is 1. The lowest BCUT2D eigenvalue weighted by Gasteiger charge is -1.99. The number of allylic oxidation sites excluding steroid dienone is 2. The number of thiophene rings is 1. The normalized spacial score (nSPS) is 17.8. The van der Waals surface area contributed by atoms with E-state index in [1.807, 2.05) is 6.08 Å². The molecular weight excluding hydrogens is 192 g/mol. The van der Waals surface area contributed by atoms with E-state index in [2.05, 4.69) is 19.1 Å². The van der Waals surface area contributed by atoms with Crippen LogP contribution in [0.3, 0.4) is 0 Å². The molecule has 0 saturated carbocycles. The minimum atomic E-state index is 0.295. The average Bonchev–Trinajstić information content (AvgIpc) is 2.45. The lowest BCUT2D eigenvalue weighted by atomic mass is 10.1. The van der Waals surface area contributed by atoms with Gasteiger partial charge in [0.25, 0.3) is 0 Å². The lowest BCUT2D eigenvalue weighted by Crippen LogP contribution is -1.89. The van der Waals surface area contributed by atoms with Crippen molar-refractivity contribution in [2.24, 2.45) is 0 Å². The first-order valence-electron chi connectivity index (χ1n) is 5.06. The van der Waals surface area contributed by atoms with Crippen molar-refractivity contribution < 1.29 is 4.79 Å². The third kappa shape index (κ3) is 2.13. The standard InChI is InChI=1S/C12H14OS/c1-9-6-7-12(14-9)10-4-2-3-5-11(13)8-10/h6-8H,2-5H2,1H3. The molecule has 0 unspecified atom stereocenters. The number of rotatable bonds is 1. The molecule has 1 aliphatic carbocycles. The minimum Gasteiger partial charge on any atom is -0.295 e. The van der Waals surface area contributed by atoms with Crippen LogP contribution in [0.1, 0.15) is 35.4 Å². The van der Waals surface area contributed by atoms with Gasteiger partial charge in [-0.1, -0.05) is 0 Å². The fourth-order valence-electron chi connectivity index (χ4n) is 1.75. The van der Waals surface area contributed by atoms with Gasteiger partial charge in [-0.2, -0.15) is 0 Å². The van der Waals surface area contributed by atoms with Crippen molar-refractivity contribution in [2.75, 3.05) is 0 Å². The number of aryl methyl sites for hydroxylation is 1. The zero-order valence-corrected chi connectivity index (χ0v) is 9.19. The van der Waals surface area contributed by atoms with Crippen LogP contribution < -0.4 is 0 Å². The van der Waals surface area contributed by atoms with Crippen LogP contribution in [0.25, 0.3) is 5.57 Å². The Balaban J connectivity index is 2.28. The molecule has 0 bridgehead atoms. The van der Waals surface area contributed by atoms with E-state index in [0.29, 0.717) is 5.78 Å². The smallest absolute Gasteiger partial charge is 0.156 e. The molecule has 0 aromatic carbocycles. The van der Waals surface area contributed by atoms with Gasteiger partial charge in [-0.05, 0) is 50.0 Å². The summed E-state index contributed by atoms with van der Waals surface area (Å²) in [5, 5.41) is 0. The first-order chi connectivity index (χ1) is 6.75. The topological polar surface area (TPSA) is 17.1 Å². The molecule has 0 atom stereocenters. The second-order valence-corrected chi connectivity index (χ2v) is 5.04. The molecule has 0 amide bonds. The number of hydrogen-bond acceptors (Lipinski definition) is 2. The summed E-state index contributed by atoms with van der Waals surface area (Å²) in [7, 11) is 0. The Morgan fingerprint density at radius 3 is 2.71 bits per heavy atom. The Hall–Kier alpha value is -0.890. The predicted molar refractivity (Wildman–Crippen MR) is 60.5 cm³/mol. The van der Waals surface area contributed by atoms with Crippen molar-refractivity contribution in [3.05, 3.63) is 28.0 Å². The molecule has 1 heterocycles. The van der Waals surface area contributed by atoms with Crippen molar-refractivity contribution in [1.82, 2.24) is 0 Å². The Bertz CT molecular complexity index is 373. The summed E-state index contributed by atoms with van der Waals surface area (Å²) >= 11 is 1.79. The maximum absolute atomic E-state index is 11.4. The van der Waals surface area contributed by atoms with Gasteiger partial charge in [0.15, 0.2) is 5.78 Å². The summed E-state index contributed by atoms with van der Waals surface area (Å²) in [4.78, 5) is 14.0. The summed E-state index contributed by atoms with van der Waals surface area (Å²) < 4.78 is 0. The molecule has 0 saturated heterocycles. The molecule has 0 radical (unpaired) electrons. The van der Waals surface area contributed by atoms with E-state index in [0.717, 1.165) is 25.7 Å². The van der Waals surface area contributed by atoms with Crippen LogP contribution in [-0.4, -0.2) is 5.78 Å². The van der Waals surface area contributed by atoms with Gasteiger partial charge in [0.2, 0.25) is 0 Å². The Morgan fingerprint density at radius 2 is 2.00 bits per heavy atom. The van der Waals surface area contributed by atoms with Gasteiger partial charge in [-0.3, -0.25) is 4.79 Å². The van der Waals surface area contributed by atoms with E-state index in [1.54, 1.807) is 11.3 Å². The molecule has 74 valence electrons. The molecule has 14 heavy (non-hydrogen) atoms. The highest BCUT2D eigenvalue weighted by Gasteiger charge is 2.11. The lowest BCUT2D eigenvalue weighted by molar-refractivity contribution is -0.114. The van der Waals surface area contributed by atoms with E-state index < -0.39 is 0 Å². The van der Waals surface area contributed by atoms with Crippen molar-refractivity contribution >= 4 is 22.7 Å². The van der Waals surface area contributed by atoms with Crippen LogP contribution in [0.4, 0.5) is 0 Å². The fourth-order valence-corrected chi connectivity index (χ4v) is 2.67. The molecule has 1 aromatic rings. The zero-order chi connectivity index (χ0) is 9.97. The molecule has 0 fully saturated rings. The van der Waals surface area contributed by atoms with Crippen LogP contribution in [0.15, 0.2) is 18.2 Å². The fraction of sp³-hybridized carbons (Fsp3) is 0.417. The van der Waals surface area contributed by atoms with Gasteiger partial charge in [-0.25, -0.2) is 0 Å². The Kier molecular flexibility index (Phi) is 2.82. The summed E-state index contributed by atoms with van der Waals surface area (Å²) in [5.74, 6) is 0.295. The maximum Gasteiger partial charge on any atom is 0.156 e. The monoisotopic (exact) mass is 206 g/mol. The molecule has 0 N–H and O–H groups in total. The Morgan fingerprint density at radius 1 is 1.21 bits per heavy atom. The minimum absolute atomic E-state index is 0.295. The van der Waals surface area contributed by atoms with E-state index in [1.165, 1.54) is 15.3 Å². The Labute approximate surface area is 88.5 Å². The van der Waals surface area contributed by atoms with Crippen molar-refractivity contribution in [3.8, 4) is 0 Å². The third-order valence-corrected chi connectivity index (χ3v) is 3.59. The first-order valence-corrected chi connectivity index (χ1v) is 5.87. The predicted octanol–water partition coefficient (Wildman–Crippen LogP) is 3.58. The summed E-state index contributed by atoms with van der Waals surface area (Å²) in [6, 6.07) is 4.25. The van der Waals surface area contributed by atoms with Crippen LogP contribution in [0, 0.1) is 6.92 Å². The van der Waals surface area contributed by atoms with Crippen LogP contribution in [0.5, 0.6) is 0 Å². The molecule has 1 nitrogen and oxygen atoms in total. The molecular formula is C12H14OS. The number of carbonyl (C=O) groups excluding carboxylic acids is 1. The SMILES string of the molecule is Cc1ccc(C2=CC(=O)CCCC2)s1. The van der Waals surface area contributed by atoms with Crippen LogP contribution >= 0.6 is 11.3 Å². The molecule has 2 heteroatoms. The van der Waals surface area contributed by atoms with Gasteiger partial charge in [0, 0.05) is 16.2 Å². The van der Waals surface area contributed by atoms with Gasteiger partial charge >= 0.3 is 0 Å². The highest BCUT2D eigenvalue weighted by atomic mass is 32.1. The maximum atomic E-state index is 11.4. The zero-order valence-electron chi connectivity index (χ0n) is 8.38. The summed E-state index contributed by atoms with van der Waals surface area (Å²) in [6.07, 6.45) is 5.83. The van der Waals surface area contributed by atoms with Gasteiger partial charge in [-0.15, -0.1) is 11.3 Å². The highest BCUT2D eigenvalue weighted by Crippen LogP contribution is 2.29. The number of ketones is 1. The largest absolute Gasteiger partial charge is 0.295 e. The van der Waals surface area contributed by atoms with Crippen LogP contribution in [0.2, 0.25) is 0 Å². The summed E-state index contributed by atoms with van der Waals surface area (Å²) in [6.45, 7) is 2.10. The second-order valence-electron chi connectivity index (χ2n) is 3.75. The molecule has 1 aliphatic rings. The van der Waals surface area contributed by atoms with Gasteiger partial charge in [0.05, 0.1) is 0 Å². The summed E-state index contributed by atoms with van der Waals surface area (Å²) in [5.41, 5.74) is 1.24. The van der Waals surface area contributed by atoms with E-state index in [-0.39, 0.29) is 0 Å². The van der Waals surface area contributed by atoms with E-state index in [4.69, 9.17) is 0 Å². The van der Waals surface area contributed by atoms with E-state index in [9.17, 15) is 4.79 Å². The molecule has 1 aromatic heterocycles. The molecule has 2 rings (SSSR count). The highest BCUT2D eigenvalue weighted by molar-refractivity contribution is 7.13. The quantitative estimate of drug-likeness (QED) is 0.686. The molecule has 0 spiro atoms. The van der Waals surface area contributed by atoms with E-state index >= 15 is 0 Å². The third-order valence-electron chi connectivity index (χ3n) is 2.51.